The van der Waals surface area contributed by atoms with Gasteiger partial charge in [0.05, 0.1) is 14.2 Å². The lowest BCUT2D eigenvalue weighted by molar-refractivity contribution is -0.132. The van der Waals surface area contributed by atoms with Gasteiger partial charge in [0.15, 0.2) is 0 Å². The van der Waals surface area contributed by atoms with Crippen LogP contribution in [-0.4, -0.2) is 25.3 Å². The first-order valence-electron chi connectivity index (χ1n) is 7.84. The van der Waals surface area contributed by atoms with Crippen LogP contribution in [0.4, 0.5) is 0 Å². The van der Waals surface area contributed by atoms with Gasteiger partial charge in [0.1, 0.15) is 11.5 Å². The molecule has 0 saturated heterocycles. The minimum atomic E-state index is -0.909. The molecule has 0 bridgehead atoms. The van der Waals surface area contributed by atoms with Crippen LogP contribution in [0.25, 0.3) is 6.08 Å². The van der Waals surface area contributed by atoms with Crippen LogP contribution in [0.3, 0.4) is 0 Å². The molecule has 2 aromatic rings. The Hall–Kier alpha value is -2.75. The van der Waals surface area contributed by atoms with Crippen LogP contribution in [0.5, 0.6) is 11.5 Å². The van der Waals surface area contributed by atoms with E-state index in [9.17, 15) is 9.90 Å². The third-order valence-corrected chi connectivity index (χ3v) is 3.80. The second-order valence-electron chi connectivity index (χ2n) is 5.42. The number of carboxylic acid groups (broad SMARTS) is 1. The first kappa shape index (κ1) is 17.6. The molecule has 4 heteroatoms. The number of carboxylic acids is 1. The maximum absolute atomic E-state index is 11.6. The van der Waals surface area contributed by atoms with Crippen LogP contribution in [-0.2, 0) is 11.2 Å². The number of hydrogen-bond donors (Lipinski definition) is 1. The standard InChI is InChI=1S/C20H22O4/c1-23-18-11-12-19(24-2)17(14-18)13-16(20(21)22)10-6-9-15-7-4-3-5-8-15/h3-5,7-8,11-14H,6,9-10H2,1-2H3,(H,21,22)/b16-13+. The minimum absolute atomic E-state index is 0.359. The van der Waals surface area contributed by atoms with Gasteiger partial charge in [-0.25, -0.2) is 4.79 Å². The number of benzene rings is 2. The fourth-order valence-corrected chi connectivity index (χ4v) is 2.51. The SMILES string of the molecule is COc1ccc(OC)c(/C=C(\CCCc2ccccc2)C(=O)O)c1. The number of aliphatic carboxylic acids is 1. The maximum atomic E-state index is 11.6. The van der Waals surface area contributed by atoms with Crippen molar-refractivity contribution in [2.75, 3.05) is 14.2 Å². The van der Waals surface area contributed by atoms with Crippen molar-refractivity contribution in [3.8, 4) is 11.5 Å². The Labute approximate surface area is 142 Å². The molecule has 0 heterocycles. The molecule has 0 atom stereocenters. The molecule has 0 amide bonds. The molecule has 0 aliphatic heterocycles. The summed E-state index contributed by atoms with van der Waals surface area (Å²) < 4.78 is 10.5. The highest BCUT2D eigenvalue weighted by Gasteiger charge is 2.10. The Morgan fingerprint density at radius 3 is 2.46 bits per heavy atom. The van der Waals surface area contributed by atoms with Gasteiger partial charge in [-0.3, -0.25) is 0 Å². The highest BCUT2D eigenvalue weighted by molar-refractivity contribution is 5.92. The molecule has 2 rings (SSSR count). The third-order valence-electron chi connectivity index (χ3n) is 3.80. The molecule has 126 valence electrons. The molecule has 1 N–H and O–H groups in total. The molecule has 0 radical (unpaired) electrons. The lowest BCUT2D eigenvalue weighted by atomic mass is 10.0. The molecule has 24 heavy (non-hydrogen) atoms. The number of hydrogen-bond acceptors (Lipinski definition) is 3. The van der Waals surface area contributed by atoms with Crippen molar-refractivity contribution in [2.45, 2.75) is 19.3 Å². The zero-order valence-corrected chi connectivity index (χ0v) is 14.0. The summed E-state index contributed by atoms with van der Waals surface area (Å²) in [5.74, 6) is 0.376. The molecular weight excluding hydrogens is 304 g/mol. The van der Waals surface area contributed by atoms with E-state index in [4.69, 9.17) is 9.47 Å². The first-order valence-corrected chi connectivity index (χ1v) is 7.84. The predicted molar refractivity (Wildman–Crippen MR) is 94.5 cm³/mol. The Balaban J connectivity index is 2.14. The maximum Gasteiger partial charge on any atom is 0.331 e. The Bertz CT molecular complexity index is 705. The van der Waals surface area contributed by atoms with Gasteiger partial charge in [-0.15, -0.1) is 0 Å². The van der Waals surface area contributed by atoms with E-state index in [0.717, 1.165) is 12.8 Å². The van der Waals surface area contributed by atoms with E-state index in [0.29, 0.717) is 29.1 Å². The molecular formula is C20H22O4. The zero-order valence-electron chi connectivity index (χ0n) is 14.0. The van der Waals surface area contributed by atoms with E-state index in [2.05, 4.69) is 12.1 Å². The van der Waals surface area contributed by atoms with Crippen molar-refractivity contribution in [3.63, 3.8) is 0 Å². The lowest BCUT2D eigenvalue weighted by Crippen LogP contribution is -2.02. The highest BCUT2D eigenvalue weighted by Crippen LogP contribution is 2.27. The topological polar surface area (TPSA) is 55.8 Å². The Morgan fingerprint density at radius 1 is 1.08 bits per heavy atom. The Kier molecular flexibility index (Phi) is 6.43. The lowest BCUT2D eigenvalue weighted by Gasteiger charge is -2.09. The summed E-state index contributed by atoms with van der Waals surface area (Å²) in [4.78, 5) is 11.6. The number of ether oxygens (including phenoxy) is 2. The van der Waals surface area contributed by atoms with Gasteiger partial charge in [-0.05, 0) is 49.1 Å². The van der Waals surface area contributed by atoms with Crippen LogP contribution in [0.2, 0.25) is 0 Å². The van der Waals surface area contributed by atoms with Crippen molar-refractivity contribution in [1.82, 2.24) is 0 Å². The predicted octanol–water partition coefficient (Wildman–Crippen LogP) is 4.19. The number of methoxy groups -OCH3 is 2. The monoisotopic (exact) mass is 326 g/mol. The van der Waals surface area contributed by atoms with Crippen molar-refractivity contribution in [3.05, 3.63) is 65.2 Å². The summed E-state index contributed by atoms with van der Waals surface area (Å²) >= 11 is 0. The average molecular weight is 326 g/mol. The van der Waals surface area contributed by atoms with E-state index in [1.165, 1.54) is 5.56 Å². The molecule has 0 saturated carbocycles. The quantitative estimate of drug-likeness (QED) is 0.739. The van der Waals surface area contributed by atoms with Crippen molar-refractivity contribution in [1.29, 1.82) is 0 Å². The van der Waals surface area contributed by atoms with E-state index < -0.39 is 5.97 Å². The number of rotatable bonds is 8. The molecule has 0 aliphatic rings. The van der Waals surface area contributed by atoms with E-state index in [-0.39, 0.29) is 0 Å². The van der Waals surface area contributed by atoms with Crippen LogP contribution < -0.4 is 9.47 Å². The van der Waals surface area contributed by atoms with Crippen LogP contribution in [0.15, 0.2) is 54.1 Å². The minimum Gasteiger partial charge on any atom is -0.497 e. The number of aryl methyl sites for hydroxylation is 1. The summed E-state index contributed by atoms with van der Waals surface area (Å²) in [7, 11) is 3.14. The first-order chi connectivity index (χ1) is 11.6. The fourth-order valence-electron chi connectivity index (χ4n) is 2.51. The van der Waals surface area contributed by atoms with Gasteiger partial charge in [0.2, 0.25) is 0 Å². The zero-order chi connectivity index (χ0) is 17.4. The van der Waals surface area contributed by atoms with Crippen molar-refractivity contribution >= 4 is 12.0 Å². The summed E-state index contributed by atoms with van der Waals surface area (Å²) in [6, 6.07) is 15.4. The third kappa shape index (κ3) is 4.88. The van der Waals surface area contributed by atoms with Crippen molar-refractivity contribution < 1.29 is 19.4 Å². The molecule has 2 aromatic carbocycles. The highest BCUT2D eigenvalue weighted by atomic mass is 16.5. The van der Waals surface area contributed by atoms with Gasteiger partial charge in [0.25, 0.3) is 0 Å². The summed E-state index contributed by atoms with van der Waals surface area (Å²) in [5, 5.41) is 9.48. The smallest absolute Gasteiger partial charge is 0.331 e. The van der Waals surface area contributed by atoms with Gasteiger partial charge in [-0.2, -0.15) is 0 Å². The molecule has 0 aliphatic carbocycles. The fraction of sp³-hybridized carbons (Fsp3) is 0.250. The average Bonchev–Trinajstić information content (AvgIpc) is 2.61. The van der Waals surface area contributed by atoms with E-state index in [1.54, 1.807) is 38.5 Å². The largest absolute Gasteiger partial charge is 0.497 e. The van der Waals surface area contributed by atoms with E-state index >= 15 is 0 Å². The molecule has 4 nitrogen and oxygen atoms in total. The summed E-state index contributed by atoms with van der Waals surface area (Å²) in [6.45, 7) is 0. The summed E-state index contributed by atoms with van der Waals surface area (Å²) in [5.41, 5.74) is 2.27. The van der Waals surface area contributed by atoms with Gasteiger partial charge >= 0.3 is 5.97 Å². The molecule has 0 aromatic heterocycles. The normalized spacial score (nSPS) is 11.2. The number of carbonyl (C=O) groups is 1. The van der Waals surface area contributed by atoms with Gasteiger partial charge in [0, 0.05) is 11.1 Å². The summed E-state index contributed by atoms with van der Waals surface area (Å²) in [6.07, 6.45) is 3.77. The van der Waals surface area contributed by atoms with Crippen LogP contribution in [0, 0.1) is 0 Å². The van der Waals surface area contributed by atoms with Crippen LogP contribution >= 0.6 is 0 Å². The van der Waals surface area contributed by atoms with Gasteiger partial charge in [-0.1, -0.05) is 30.3 Å². The van der Waals surface area contributed by atoms with Crippen molar-refractivity contribution in [2.24, 2.45) is 0 Å². The van der Waals surface area contributed by atoms with Crippen LogP contribution in [0.1, 0.15) is 24.0 Å². The molecule has 0 spiro atoms. The van der Waals surface area contributed by atoms with Gasteiger partial charge < -0.3 is 14.6 Å². The molecule has 0 unspecified atom stereocenters. The molecule has 0 fully saturated rings. The second-order valence-corrected chi connectivity index (χ2v) is 5.42. The second kappa shape index (κ2) is 8.77. The Morgan fingerprint density at radius 2 is 1.83 bits per heavy atom. The van der Waals surface area contributed by atoms with E-state index in [1.807, 2.05) is 18.2 Å².